The molecular formula is C16H22N4O3. The van der Waals surface area contributed by atoms with Gasteiger partial charge in [-0.2, -0.15) is 5.10 Å². The van der Waals surface area contributed by atoms with Crippen molar-refractivity contribution in [3.8, 4) is 0 Å². The molecule has 1 aliphatic heterocycles. The van der Waals surface area contributed by atoms with Gasteiger partial charge in [0, 0.05) is 26.2 Å². The first kappa shape index (κ1) is 17.0. The monoisotopic (exact) mass is 318 g/mol. The van der Waals surface area contributed by atoms with Crippen molar-refractivity contribution < 1.29 is 14.3 Å². The van der Waals surface area contributed by atoms with Crippen molar-refractivity contribution in [2.75, 3.05) is 24.8 Å². The Balaban J connectivity index is 1.99. The zero-order valence-corrected chi connectivity index (χ0v) is 13.2. The molecule has 124 valence electrons. The van der Waals surface area contributed by atoms with Crippen LogP contribution in [-0.2, 0) is 14.3 Å². The van der Waals surface area contributed by atoms with Crippen molar-refractivity contribution in [1.82, 2.24) is 5.32 Å². The fourth-order valence-corrected chi connectivity index (χ4v) is 2.31. The predicted octanol–water partition coefficient (Wildman–Crippen LogP) is 0.649. The van der Waals surface area contributed by atoms with Crippen molar-refractivity contribution in [3.05, 3.63) is 30.3 Å². The third-order valence-electron chi connectivity index (χ3n) is 3.48. The molecule has 2 amide bonds. The van der Waals surface area contributed by atoms with E-state index in [4.69, 9.17) is 10.5 Å². The SMILES string of the molecule is CCOCCCNC(=O)C1=NN(c2ccccc2)C(C(N)=O)C1. The number of carbonyl (C=O) groups is 2. The molecule has 7 nitrogen and oxygen atoms in total. The Morgan fingerprint density at radius 2 is 2.13 bits per heavy atom. The first-order valence-electron chi connectivity index (χ1n) is 7.70. The number of nitrogens with one attached hydrogen (secondary N) is 1. The van der Waals surface area contributed by atoms with Crippen LogP contribution in [0.25, 0.3) is 0 Å². The van der Waals surface area contributed by atoms with Crippen LogP contribution in [0.4, 0.5) is 5.69 Å². The van der Waals surface area contributed by atoms with Gasteiger partial charge in [-0.15, -0.1) is 0 Å². The number of ether oxygens (including phenoxy) is 1. The van der Waals surface area contributed by atoms with Gasteiger partial charge < -0.3 is 15.8 Å². The van der Waals surface area contributed by atoms with E-state index in [1.165, 1.54) is 5.01 Å². The Hall–Kier alpha value is -2.41. The number of hydrogen-bond donors (Lipinski definition) is 2. The van der Waals surface area contributed by atoms with Gasteiger partial charge >= 0.3 is 0 Å². The first-order valence-corrected chi connectivity index (χ1v) is 7.70. The summed E-state index contributed by atoms with van der Waals surface area (Å²) in [5, 5.41) is 8.58. The molecular weight excluding hydrogens is 296 g/mol. The topological polar surface area (TPSA) is 97.0 Å². The molecule has 23 heavy (non-hydrogen) atoms. The number of hydrogen-bond acceptors (Lipinski definition) is 5. The van der Waals surface area contributed by atoms with E-state index < -0.39 is 11.9 Å². The number of hydrazone groups is 1. The lowest BCUT2D eigenvalue weighted by atomic mass is 10.1. The van der Waals surface area contributed by atoms with E-state index in [1.54, 1.807) is 0 Å². The largest absolute Gasteiger partial charge is 0.382 e. The molecule has 0 aromatic heterocycles. The summed E-state index contributed by atoms with van der Waals surface area (Å²) < 4.78 is 5.21. The van der Waals surface area contributed by atoms with Crippen LogP contribution in [0.5, 0.6) is 0 Å². The van der Waals surface area contributed by atoms with Gasteiger partial charge in [0.1, 0.15) is 11.8 Å². The van der Waals surface area contributed by atoms with Crippen LogP contribution in [0.3, 0.4) is 0 Å². The molecule has 1 aromatic carbocycles. The van der Waals surface area contributed by atoms with Gasteiger partial charge in [0.25, 0.3) is 5.91 Å². The first-order chi connectivity index (χ1) is 11.1. The van der Waals surface area contributed by atoms with Crippen molar-refractivity contribution in [2.24, 2.45) is 10.8 Å². The van der Waals surface area contributed by atoms with Crippen LogP contribution in [-0.4, -0.2) is 43.3 Å². The van der Waals surface area contributed by atoms with E-state index in [9.17, 15) is 9.59 Å². The van der Waals surface area contributed by atoms with E-state index in [0.29, 0.717) is 25.5 Å². The Morgan fingerprint density at radius 1 is 1.39 bits per heavy atom. The number of anilines is 1. The summed E-state index contributed by atoms with van der Waals surface area (Å²) in [5.74, 6) is -0.775. The summed E-state index contributed by atoms with van der Waals surface area (Å²) >= 11 is 0. The van der Waals surface area contributed by atoms with E-state index in [2.05, 4.69) is 10.4 Å². The molecule has 7 heteroatoms. The maximum Gasteiger partial charge on any atom is 0.267 e. The summed E-state index contributed by atoms with van der Waals surface area (Å²) in [7, 11) is 0. The third kappa shape index (κ3) is 4.53. The van der Waals surface area contributed by atoms with E-state index >= 15 is 0 Å². The van der Waals surface area contributed by atoms with Crippen LogP contribution >= 0.6 is 0 Å². The molecule has 0 radical (unpaired) electrons. The molecule has 1 aliphatic rings. The van der Waals surface area contributed by atoms with Gasteiger partial charge in [-0.25, -0.2) is 0 Å². The Labute approximate surface area is 135 Å². The smallest absolute Gasteiger partial charge is 0.267 e. The molecule has 0 bridgehead atoms. The van der Waals surface area contributed by atoms with E-state index in [-0.39, 0.29) is 12.3 Å². The van der Waals surface area contributed by atoms with Crippen LogP contribution in [0.1, 0.15) is 19.8 Å². The van der Waals surface area contributed by atoms with Crippen molar-refractivity contribution in [3.63, 3.8) is 0 Å². The molecule has 1 atom stereocenters. The molecule has 0 aliphatic carbocycles. The normalized spacial score (nSPS) is 17.0. The fourth-order valence-electron chi connectivity index (χ4n) is 2.31. The predicted molar refractivity (Wildman–Crippen MR) is 88.1 cm³/mol. The minimum atomic E-state index is -0.637. The van der Waals surface area contributed by atoms with Gasteiger partial charge in [-0.05, 0) is 25.5 Å². The summed E-state index contributed by atoms with van der Waals surface area (Å²) in [5.41, 5.74) is 6.49. The van der Waals surface area contributed by atoms with Gasteiger partial charge in [0.15, 0.2) is 0 Å². The molecule has 3 N–H and O–H groups in total. The number of para-hydroxylation sites is 1. The summed E-state index contributed by atoms with van der Waals surface area (Å²) in [4.78, 5) is 23.8. The average molecular weight is 318 g/mol. The summed E-state index contributed by atoms with van der Waals surface area (Å²) in [6.07, 6.45) is 0.941. The van der Waals surface area contributed by atoms with Crippen molar-refractivity contribution in [2.45, 2.75) is 25.8 Å². The minimum Gasteiger partial charge on any atom is -0.382 e. The van der Waals surface area contributed by atoms with Crippen molar-refractivity contribution >= 4 is 23.2 Å². The van der Waals surface area contributed by atoms with Gasteiger partial charge in [-0.1, -0.05) is 18.2 Å². The Bertz CT molecular complexity index is 574. The second kappa shape index (κ2) is 8.28. The molecule has 1 unspecified atom stereocenters. The lowest BCUT2D eigenvalue weighted by molar-refractivity contribution is -0.119. The zero-order chi connectivity index (χ0) is 16.7. The van der Waals surface area contributed by atoms with Crippen LogP contribution < -0.4 is 16.1 Å². The van der Waals surface area contributed by atoms with Gasteiger partial charge in [0.2, 0.25) is 5.91 Å². The molecule has 0 spiro atoms. The molecule has 0 saturated heterocycles. The zero-order valence-electron chi connectivity index (χ0n) is 13.2. The molecule has 0 fully saturated rings. The number of primary amides is 1. The average Bonchev–Trinajstić information content (AvgIpc) is 3.01. The standard InChI is InChI=1S/C16H22N4O3/c1-2-23-10-6-9-18-16(22)13-11-14(15(17)21)20(19-13)12-7-4-3-5-8-12/h3-5,7-8,14H,2,6,9-11H2,1H3,(H2,17,21)(H,18,22). The maximum atomic E-state index is 12.2. The fraction of sp³-hybridized carbons (Fsp3) is 0.438. The highest BCUT2D eigenvalue weighted by molar-refractivity contribution is 6.40. The third-order valence-corrected chi connectivity index (χ3v) is 3.48. The summed E-state index contributed by atoms with van der Waals surface area (Å²) in [6.45, 7) is 3.69. The van der Waals surface area contributed by atoms with Crippen LogP contribution in [0, 0.1) is 0 Å². The molecule has 0 saturated carbocycles. The minimum absolute atomic E-state index is 0.210. The summed E-state index contributed by atoms with van der Waals surface area (Å²) in [6, 6.07) is 8.56. The second-order valence-corrected chi connectivity index (χ2v) is 5.16. The number of nitrogens with zero attached hydrogens (tertiary/aromatic N) is 2. The molecule has 1 aromatic rings. The highest BCUT2D eigenvalue weighted by Gasteiger charge is 2.34. The molecule has 1 heterocycles. The van der Waals surface area contributed by atoms with Crippen LogP contribution in [0.15, 0.2) is 35.4 Å². The highest BCUT2D eigenvalue weighted by Crippen LogP contribution is 2.24. The quantitative estimate of drug-likeness (QED) is 0.688. The van der Waals surface area contributed by atoms with Crippen LogP contribution in [0.2, 0.25) is 0 Å². The number of carbonyl (C=O) groups excluding carboxylic acids is 2. The van der Waals surface area contributed by atoms with E-state index in [1.807, 2.05) is 37.3 Å². The van der Waals surface area contributed by atoms with E-state index in [0.717, 1.165) is 12.1 Å². The number of nitrogens with two attached hydrogens (primary N) is 1. The molecule has 2 rings (SSSR count). The second-order valence-electron chi connectivity index (χ2n) is 5.16. The lowest BCUT2D eigenvalue weighted by Gasteiger charge is -2.20. The number of benzene rings is 1. The van der Waals surface area contributed by atoms with Crippen molar-refractivity contribution in [1.29, 1.82) is 0 Å². The number of rotatable bonds is 8. The Morgan fingerprint density at radius 3 is 2.78 bits per heavy atom. The number of amides is 2. The highest BCUT2D eigenvalue weighted by atomic mass is 16.5. The van der Waals surface area contributed by atoms with Gasteiger partial charge in [0.05, 0.1) is 5.69 Å². The van der Waals surface area contributed by atoms with Gasteiger partial charge in [-0.3, -0.25) is 14.6 Å². The maximum absolute atomic E-state index is 12.2. The lowest BCUT2D eigenvalue weighted by Crippen LogP contribution is -2.40. The Kier molecular flexibility index (Phi) is 6.10.